The van der Waals surface area contributed by atoms with Gasteiger partial charge >= 0.3 is 0 Å². The van der Waals surface area contributed by atoms with Crippen molar-refractivity contribution in [3.8, 4) is 11.5 Å². The number of carbonyl (C=O) groups is 1. The van der Waals surface area contributed by atoms with Crippen molar-refractivity contribution in [1.82, 2.24) is 4.90 Å². The minimum atomic E-state index is -0.922. The molecule has 3 aromatic carbocycles. The van der Waals surface area contributed by atoms with Crippen LogP contribution < -0.4 is 15.4 Å². The number of carbonyl (C=O) groups excluding carboxylic acids is 1. The molecule has 40 heavy (non-hydrogen) atoms. The summed E-state index contributed by atoms with van der Waals surface area (Å²) in [7, 11) is 0. The number of rotatable bonds is 7. The Bertz CT molecular complexity index is 1280. The van der Waals surface area contributed by atoms with Gasteiger partial charge in [0.05, 0.1) is 0 Å². The number of nitrogens with zero attached hydrogens (tertiary/aromatic N) is 2. The smallest absolute Gasteiger partial charge is 0.220 e. The average Bonchev–Trinajstić information content (AvgIpc) is 2.93. The number of piperidine rings is 2. The third-order valence-electron chi connectivity index (χ3n) is 8.01. The molecule has 2 aliphatic heterocycles. The minimum Gasteiger partial charge on any atom is -0.457 e. The fourth-order valence-corrected chi connectivity index (χ4v) is 5.69. The molecule has 0 radical (unpaired) electrons. The van der Waals surface area contributed by atoms with Crippen LogP contribution in [0.3, 0.4) is 0 Å². The number of hydrogen-bond acceptors (Lipinski definition) is 4. The first-order valence-corrected chi connectivity index (χ1v) is 13.4. The van der Waals surface area contributed by atoms with Crippen molar-refractivity contribution in [2.75, 3.05) is 31.1 Å². The van der Waals surface area contributed by atoms with E-state index in [0.29, 0.717) is 11.7 Å². The van der Waals surface area contributed by atoms with Gasteiger partial charge in [0.1, 0.15) is 11.5 Å². The van der Waals surface area contributed by atoms with Crippen LogP contribution in [0.1, 0.15) is 48.3 Å². The fraction of sp³-hybridized carbons (Fsp3) is 0.387. The molecule has 9 heteroatoms. The number of hydrogen-bond donors (Lipinski definition) is 1. The standard InChI is InChI=1S/C31H35F2N3O2.2ClH/c1-21-2-5-25(36-16-12-24(13-17-36)31(34)37)18-28(21)23-10-14-35(15-11-23)20-22-3-6-26(7-4-22)38-27-8-9-29(32)30(33)19-27;;/h2-9,18-19,23-24H,10-17,20H2,1H3,(H2,34,37);2*1H. The number of aryl methyl sites for hydroxylation is 1. The summed E-state index contributed by atoms with van der Waals surface area (Å²) in [5.41, 5.74) is 10.7. The molecule has 0 aromatic heterocycles. The molecule has 2 fully saturated rings. The normalized spacial score (nSPS) is 16.6. The van der Waals surface area contributed by atoms with Crippen molar-refractivity contribution in [2.24, 2.45) is 11.7 Å². The highest BCUT2D eigenvalue weighted by Gasteiger charge is 2.26. The number of ether oxygens (including phenoxy) is 1. The fourth-order valence-electron chi connectivity index (χ4n) is 5.69. The first-order chi connectivity index (χ1) is 18.4. The van der Waals surface area contributed by atoms with E-state index < -0.39 is 11.6 Å². The van der Waals surface area contributed by atoms with E-state index in [2.05, 4.69) is 34.9 Å². The Morgan fingerprint density at radius 2 is 1.50 bits per heavy atom. The molecule has 0 atom stereocenters. The van der Waals surface area contributed by atoms with Gasteiger partial charge in [0.25, 0.3) is 0 Å². The van der Waals surface area contributed by atoms with Gasteiger partial charge < -0.3 is 15.4 Å². The van der Waals surface area contributed by atoms with Gasteiger partial charge in [-0.3, -0.25) is 9.69 Å². The Morgan fingerprint density at radius 1 is 0.850 bits per heavy atom. The van der Waals surface area contributed by atoms with Gasteiger partial charge in [-0.25, -0.2) is 8.78 Å². The topological polar surface area (TPSA) is 58.8 Å². The Balaban J connectivity index is 0.00000220. The lowest BCUT2D eigenvalue weighted by molar-refractivity contribution is -0.122. The third-order valence-corrected chi connectivity index (χ3v) is 8.01. The zero-order valence-corrected chi connectivity index (χ0v) is 24.3. The lowest BCUT2D eigenvalue weighted by atomic mass is 9.86. The van der Waals surface area contributed by atoms with Crippen LogP contribution in [0, 0.1) is 24.5 Å². The molecule has 2 saturated heterocycles. The second-order valence-electron chi connectivity index (χ2n) is 10.6. The average molecular weight is 593 g/mol. The molecule has 216 valence electrons. The second kappa shape index (κ2) is 14.2. The van der Waals surface area contributed by atoms with Crippen LogP contribution in [0.25, 0.3) is 0 Å². The summed E-state index contributed by atoms with van der Waals surface area (Å²) in [5, 5.41) is 0. The molecule has 1 amide bonds. The van der Waals surface area contributed by atoms with Gasteiger partial charge in [-0.2, -0.15) is 0 Å². The lowest BCUT2D eigenvalue weighted by Crippen LogP contribution is -2.38. The van der Waals surface area contributed by atoms with E-state index in [1.54, 1.807) is 0 Å². The van der Waals surface area contributed by atoms with Gasteiger partial charge in [0, 0.05) is 37.3 Å². The molecule has 5 nitrogen and oxygen atoms in total. The molecule has 0 bridgehead atoms. The van der Waals surface area contributed by atoms with Crippen LogP contribution in [-0.4, -0.2) is 37.0 Å². The zero-order valence-electron chi connectivity index (χ0n) is 22.7. The van der Waals surface area contributed by atoms with E-state index in [4.69, 9.17) is 10.5 Å². The first-order valence-electron chi connectivity index (χ1n) is 13.4. The van der Waals surface area contributed by atoms with Crippen molar-refractivity contribution >= 4 is 36.4 Å². The number of amides is 1. The van der Waals surface area contributed by atoms with E-state index in [9.17, 15) is 13.6 Å². The van der Waals surface area contributed by atoms with Gasteiger partial charge in [0.15, 0.2) is 11.6 Å². The van der Waals surface area contributed by atoms with Crippen molar-refractivity contribution in [3.63, 3.8) is 0 Å². The monoisotopic (exact) mass is 591 g/mol. The molecule has 5 rings (SSSR count). The van der Waals surface area contributed by atoms with Gasteiger partial charge in [-0.15, -0.1) is 24.8 Å². The number of benzene rings is 3. The van der Waals surface area contributed by atoms with Gasteiger partial charge in [-0.1, -0.05) is 18.2 Å². The molecule has 2 aliphatic rings. The largest absolute Gasteiger partial charge is 0.457 e. The molecule has 0 spiro atoms. The van der Waals surface area contributed by atoms with Crippen molar-refractivity contribution < 1.29 is 18.3 Å². The number of primary amides is 1. The summed E-state index contributed by atoms with van der Waals surface area (Å²) in [6.45, 7) is 6.88. The van der Waals surface area contributed by atoms with Crippen LogP contribution in [-0.2, 0) is 11.3 Å². The number of halogens is 4. The van der Waals surface area contributed by atoms with Crippen molar-refractivity contribution in [1.29, 1.82) is 0 Å². The molecule has 3 aromatic rings. The van der Waals surface area contributed by atoms with Crippen LogP contribution in [0.5, 0.6) is 11.5 Å². The highest BCUT2D eigenvalue weighted by atomic mass is 35.5. The van der Waals surface area contributed by atoms with Crippen LogP contribution in [0.4, 0.5) is 14.5 Å². The highest BCUT2D eigenvalue weighted by molar-refractivity contribution is 5.85. The predicted molar refractivity (Wildman–Crippen MR) is 160 cm³/mol. The second-order valence-corrected chi connectivity index (χ2v) is 10.6. The van der Waals surface area contributed by atoms with Crippen LogP contribution >= 0.6 is 24.8 Å². The lowest BCUT2D eigenvalue weighted by Gasteiger charge is -2.35. The van der Waals surface area contributed by atoms with Gasteiger partial charge in [0.2, 0.25) is 5.91 Å². The molecule has 0 unspecified atom stereocenters. The molecule has 2 N–H and O–H groups in total. The Kier molecular flexibility index (Phi) is 11.2. The number of likely N-dealkylation sites (tertiary alicyclic amines) is 1. The van der Waals surface area contributed by atoms with E-state index in [0.717, 1.165) is 70.5 Å². The van der Waals surface area contributed by atoms with E-state index in [1.807, 2.05) is 24.3 Å². The minimum absolute atomic E-state index is 0. The highest BCUT2D eigenvalue weighted by Crippen LogP contribution is 2.34. The summed E-state index contributed by atoms with van der Waals surface area (Å²) in [6.07, 6.45) is 3.89. The quantitative estimate of drug-likeness (QED) is 0.321. The van der Waals surface area contributed by atoms with Crippen LogP contribution in [0.15, 0.2) is 60.7 Å². The molecule has 2 heterocycles. The Labute approximate surface area is 247 Å². The third kappa shape index (κ3) is 7.65. The first kappa shape index (κ1) is 31.7. The SMILES string of the molecule is Cc1ccc(N2CCC(C(N)=O)CC2)cc1C1CCN(Cc2ccc(Oc3ccc(F)c(F)c3)cc2)CC1.Cl.Cl. The summed E-state index contributed by atoms with van der Waals surface area (Å²) in [6, 6.07) is 18.1. The van der Waals surface area contributed by atoms with Crippen molar-refractivity contribution in [2.45, 2.75) is 45.1 Å². The Morgan fingerprint density at radius 3 is 2.12 bits per heavy atom. The number of nitrogens with two attached hydrogens (primary N) is 1. The maximum absolute atomic E-state index is 13.4. The summed E-state index contributed by atoms with van der Waals surface area (Å²) in [5.74, 6) is -0.576. The number of anilines is 1. The van der Waals surface area contributed by atoms with E-state index in [-0.39, 0.29) is 42.4 Å². The van der Waals surface area contributed by atoms with Crippen LogP contribution in [0.2, 0.25) is 0 Å². The summed E-state index contributed by atoms with van der Waals surface area (Å²) >= 11 is 0. The molecule has 0 saturated carbocycles. The molecular formula is C31H37Cl2F2N3O2. The predicted octanol–water partition coefficient (Wildman–Crippen LogP) is 6.99. The van der Waals surface area contributed by atoms with Crippen molar-refractivity contribution in [3.05, 3.63) is 89.0 Å². The summed E-state index contributed by atoms with van der Waals surface area (Å²) in [4.78, 5) is 16.4. The zero-order chi connectivity index (χ0) is 26.6. The Hall–Kier alpha value is -2.87. The van der Waals surface area contributed by atoms with E-state index >= 15 is 0 Å². The van der Waals surface area contributed by atoms with Gasteiger partial charge in [-0.05, 0) is 105 Å². The summed E-state index contributed by atoms with van der Waals surface area (Å²) < 4.78 is 32.2. The molecular weight excluding hydrogens is 555 g/mol. The maximum Gasteiger partial charge on any atom is 0.220 e. The maximum atomic E-state index is 13.4. The van der Waals surface area contributed by atoms with E-state index in [1.165, 1.54) is 28.4 Å². The molecule has 0 aliphatic carbocycles.